The number of carbonyl (C=O) groups is 1. The van der Waals surface area contributed by atoms with Crippen molar-refractivity contribution in [2.45, 2.75) is 32.6 Å². The summed E-state index contributed by atoms with van der Waals surface area (Å²) in [6.07, 6.45) is 4.40. The summed E-state index contributed by atoms with van der Waals surface area (Å²) in [5.74, 6) is 0.969. The minimum absolute atomic E-state index is 0.155. The third-order valence-electron chi connectivity index (χ3n) is 5.66. The molecule has 1 aromatic heterocycles. The van der Waals surface area contributed by atoms with Gasteiger partial charge in [-0.2, -0.15) is 0 Å². The molecular weight excluding hydrogens is 359 g/mol. The fourth-order valence-electron chi connectivity index (χ4n) is 3.39. The molecular formula is C23H21FO2S. The minimum Gasteiger partial charge on any atom is -0.493 e. The van der Waals surface area contributed by atoms with Crippen molar-refractivity contribution in [3.63, 3.8) is 0 Å². The van der Waals surface area contributed by atoms with Crippen molar-refractivity contribution in [3.8, 4) is 16.9 Å². The molecule has 0 aliphatic heterocycles. The number of ether oxygens (including phenoxy) is 1. The van der Waals surface area contributed by atoms with E-state index in [4.69, 9.17) is 4.74 Å². The zero-order valence-electron chi connectivity index (χ0n) is 15.3. The normalized spacial score (nSPS) is 17.9. The van der Waals surface area contributed by atoms with Crippen molar-refractivity contribution in [2.24, 2.45) is 11.3 Å². The van der Waals surface area contributed by atoms with Crippen LogP contribution in [0.4, 0.5) is 4.39 Å². The molecule has 0 atom stereocenters. The monoisotopic (exact) mass is 380 g/mol. The number of benzene rings is 2. The van der Waals surface area contributed by atoms with Crippen molar-refractivity contribution in [1.82, 2.24) is 0 Å². The molecule has 0 radical (unpaired) electrons. The molecule has 2 aliphatic carbocycles. The Bertz CT molecular complexity index is 1030. The molecule has 4 heteroatoms. The van der Waals surface area contributed by atoms with Crippen molar-refractivity contribution < 1.29 is 13.9 Å². The van der Waals surface area contributed by atoms with Gasteiger partial charge in [-0.15, -0.1) is 11.3 Å². The summed E-state index contributed by atoms with van der Waals surface area (Å²) in [7, 11) is 0. The summed E-state index contributed by atoms with van der Waals surface area (Å²) >= 11 is 1.54. The Balaban J connectivity index is 1.58. The van der Waals surface area contributed by atoms with E-state index in [0.717, 1.165) is 51.3 Å². The van der Waals surface area contributed by atoms with Crippen LogP contribution in [0.5, 0.6) is 5.75 Å². The Morgan fingerprint density at radius 3 is 2.59 bits per heavy atom. The van der Waals surface area contributed by atoms with E-state index < -0.39 is 0 Å². The molecule has 5 rings (SSSR count). The van der Waals surface area contributed by atoms with Gasteiger partial charge >= 0.3 is 0 Å². The maximum absolute atomic E-state index is 13.4. The van der Waals surface area contributed by atoms with Gasteiger partial charge < -0.3 is 4.74 Å². The maximum atomic E-state index is 13.4. The van der Waals surface area contributed by atoms with Gasteiger partial charge in [-0.3, -0.25) is 4.79 Å². The number of halogens is 1. The lowest BCUT2D eigenvalue weighted by Gasteiger charge is -2.11. The van der Waals surface area contributed by atoms with Crippen LogP contribution in [0.1, 0.15) is 42.3 Å². The second kappa shape index (κ2) is 6.16. The molecule has 3 aromatic rings. The average molecular weight is 380 g/mol. The lowest BCUT2D eigenvalue weighted by atomic mass is 9.99. The number of rotatable bonds is 6. The van der Waals surface area contributed by atoms with Crippen LogP contribution in [0.2, 0.25) is 0 Å². The summed E-state index contributed by atoms with van der Waals surface area (Å²) in [5, 5.41) is 1.04. The first-order valence-corrected chi connectivity index (χ1v) is 10.3. The summed E-state index contributed by atoms with van der Waals surface area (Å²) < 4.78 is 20.5. The number of thiophene rings is 1. The lowest BCUT2D eigenvalue weighted by Crippen LogP contribution is -2.08. The van der Waals surface area contributed by atoms with Gasteiger partial charge in [0.1, 0.15) is 11.6 Å². The molecule has 2 aromatic carbocycles. The van der Waals surface area contributed by atoms with Crippen LogP contribution in [-0.4, -0.2) is 12.4 Å². The molecule has 2 nitrogen and oxygen atoms in total. The third kappa shape index (κ3) is 3.27. The molecule has 0 saturated heterocycles. The van der Waals surface area contributed by atoms with Gasteiger partial charge in [0.2, 0.25) is 0 Å². The van der Waals surface area contributed by atoms with Crippen LogP contribution >= 0.6 is 11.3 Å². The molecule has 0 amide bonds. The first kappa shape index (κ1) is 16.9. The van der Waals surface area contributed by atoms with Crippen molar-refractivity contribution in [1.29, 1.82) is 0 Å². The number of Topliss-reactive ketones (excluding diaryl/α,β-unsaturated/α-hetero) is 1. The van der Waals surface area contributed by atoms with Gasteiger partial charge in [0.25, 0.3) is 0 Å². The number of fused-ring (bicyclic) bond motifs is 1. The van der Waals surface area contributed by atoms with Crippen molar-refractivity contribution >= 4 is 27.2 Å². The first-order valence-electron chi connectivity index (χ1n) is 9.52. The fraction of sp³-hybridized carbons (Fsp3) is 0.348. The second-order valence-corrected chi connectivity index (χ2v) is 9.26. The number of hydrogen-bond acceptors (Lipinski definition) is 3. The van der Waals surface area contributed by atoms with E-state index in [2.05, 4.69) is 6.92 Å². The predicted octanol–water partition coefficient (Wildman–Crippen LogP) is 6.48. The Labute approximate surface area is 162 Å². The predicted molar refractivity (Wildman–Crippen MR) is 107 cm³/mol. The van der Waals surface area contributed by atoms with Gasteiger partial charge in [-0.25, -0.2) is 4.39 Å². The van der Waals surface area contributed by atoms with Gasteiger partial charge in [-0.1, -0.05) is 19.1 Å². The highest BCUT2D eigenvalue weighted by molar-refractivity contribution is 7.21. The molecule has 0 unspecified atom stereocenters. The van der Waals surface area contributed by atoms with Gasteiger partial charge in [0, 0.05) is 27.0 Å². The summed E-state index contributed by atoms with van der Waals surface area (Å²) in [4.78, 5) is 13.7. The van der Waals surface area contributed by atoms with Crippen molar-refractivity contribution in [3.05, 3.63) is 53.2 Å². The van der Waals surface area contributed by atoms with Gasteiger partial charge in [-0.05, 0) is 61.6 Å². The van der Waals surface area contributed by atoms with Crippen molar-refractivity contribution in [2.75, 3.05) is 6.61 Å². The molecule has 27 heavy (non-hydrogen) atoms. The zero-order chi connectivity index (χ0) is 18.6. The van der Waals surface area contributed by atoms with E-state index in [1.165, 1.54) is 36.3 Å². The molecule has 138 valence electrons. The van der Waals surface area contributed by atoms with E-state index in [9.17, 15) is 9.18 Å². The average Bonchev–Trinajstić information content (AvgIpc) is 3.59. The minimum atomic E-state index is -0.266. The first-order chi connectivity index (χ1) is 13.0. The Kier molecular flexibility index (Phi) is 3.87. The Morgan fingerprint density at radius 2 is 1.93 bits per heavy atom. The van der Waals surface area contributed by atoms with Gasteiger partial charge in [0.05, 0.1) is 11.5 Å². The second-order valence-electron chi connectivity index (χ2n) is 8.21. The molecule has 2 aliphatic rings. The zero-order valence-corrected chi connectivity index (χ0v) is 16.1. The van der Waals surface area contributed by atoms with Crippen LogP contribution in [-0.2, 0) is 0 Å². The molecule has 0 bridgehead atoms. The fourth-order valence-corrected chi connectivity index (χ4v) is 4.66. The van der Waals surface area contributed by atoms with E-state index in [-0.39, 0.29) is 17.5 Å². The number of carbonyl (C=O) groups excluding carboxylic acids is 1. The Morgan fingerprint density at radius 1 is 1.19 bits per heavy atom. The number of hydrogen-bond donors (Lipinski definition) is 0. The highest BCUT2D eigenvalue weighted by Gasteiger charge is 2.38. The van der Waals surface area contributed by atoms with E-state index >= 15 is 0 Å². The van der Waals surface area contributed by atoms with Gasteiger partial charge in [0.15, 0.2) is 5.78 Å². The third-order valence-corrected chi connectivity index (χ3v) is 6.82. The summed E-state index contributed by atoms with van der Waals surface area (Å²) in [6, 6.07) is 12.5. The molecule has 0 N–H and O–H groups in total. The quantitative estimate of drug-likeness (QED) is 0.458. The highest BCUT2D eigenvalue weighted by atomic mass is 32.1. The molecule has 2 fully saturated rings. The number of ketones is 1. The summed E-state index contributed by atoms with van der Waals surface area (Å²) in [5.41, 5.74) is 2.16. The standard InChI is InChI=1S/C23H21FO2S/c1-23(10-11-23)13-26-17-8-9-18-19(12-17)27-22(21(25)15-2-3-15)20(18)14-4-6-16(24)7-5-14/h4-9,12,15H,2-3,10-11,13H2,1H3. The van der Waals surface area contributed by atoms with E-state index in [1.54, 1.807) is 12.1 Å². The summed E-state index contributed by atoms with van der Waals surface area (Å²) in [6.45, 7) is 2.98. The smallest absolute Gasteiger partial charge is 0.176 e. The lowest BCUT2D eigenvalue weighted by molar-refractivity contribution is 0.0972. The van der Waals surface area contributed by atoms with Crippen LogP contribution in [0.3, 0.4) is 0 Å². The topological polar surface area (TPSA) is 26.3 Å². The maximum Gasteiger partial charge on any atom is 0.176 e. The highest BCUT2D eigenvalue weighted by Crippen LogP contribution is 2.46. The van der Waals surface area contributed by atoms with Crippen LogP contribution in [0.25, 0.3) is 21.2 Å². The SMILES string of the molecule is CC1(COc2ccc3c(-c4ccc(F)cc4)c(C(=O)C4CC4)sc3c2)CC1. The van der Waals surface area contributed by atoms with E-state index in [1.807, 2.05) is 18.2 Å². The van der Waals surface area contributed by atoms with E-state index in [0.29, 0.717) is 5.41 Å². The largest absolute Gasteiger partial charge is 0.493 e. The molecule has 2 saturated carbocycles. The van der Waals surface area contributed by atoms with Crippen LogP contribution < -0.4 is 4.74 Å². The Hall–Kier alpha value is -2.20. The van der Waals surface area contributed by atoms with Crippen LogP contribution in [0, 0.1) is 17.2 Å². The molecule has 1 heterocycles. The van der Waals surface area contributed by atoms with Crippen LogP contribution in [0.15, 0.2) is 42.5 Å². The molecule has 0 spiro atoms.